The molecular formula is C16H26IN3O2. The smallest absolute Gasteiger partial charge is 0.194 e. The number of halogens is 1. The second-order valence-corrected chi connectivity index (χ2v) is 5.16. The molecule has 0 amide bonds. The topological polar surface area (TPSA) is 57.1 Å². The molecule has 0 spiro atoms. The van der Waals surface area contributed by atoms with Crippen LogP contribution >= 0.6 is 24.0 Å². The lowest BCUT2D eigenvalue weighted by atomic mass is 10.2. The Balaban J connectivity index is 0.00000242. The third kappa shape index (κ3) is 6.50. The molecule has 1 heterocycles. The van der Waals surface area contributed by atoms with Gasteiger partial charge in [0, 0.05) is 19.6 Å². The maximum absolute atomic E-state index is 9.60. The van der Waals surface area contributed by atoms with Gasteiger partial charge in [-0.2, -0.15) is 0 Å². The molecule has 5 nitrogen and oxygen atoms in total. The molecule has 1 aromatic carbocycles. The van der Waals surface area contributed by atoms with E-state index in [1.165, 1.54) is 5.56 Å². The Morgan fingerprint density at radius 2 is 2.18 bits per heavy atom. The average Bonchev–Trinajstić information content (AvgIpc) is 2.93. The van der Waals surface area contributed by atoms with Crippen LogP contribution in [0.1, 0.15) is 18.9 Å². The van der Waals surface area contributed by atoms with E-state index in [4.69, 9.17) is 4.74 Å². The first-order chi connectivity index (χ1) is 10.3. The molecule has 6 heteroatoms. The largest absolute Gasteiger partial charge is 0.391 e. The van der Waals surface area contributed by atoms with Gasteiger partial charge in [0.25, 0.3) is 0 Å². The molecule has 1 aliphatic heterocycles. The fourth-order valence-electron chi connectivity index (χ4n) is 2.34. The van der Waals surface area contributed by atoms with E-state index in [0.717, 1.165) is 25.5 Å². The molecule has 1 saturated heterocycles. The number of hydrogen-bond acceptors (Lipinski definition) is 3. The Morgan fingerprint density at radius 1 is 1.41 bits per heavy atom. The molecule has 22 heavy (non-hydrogen) atoms. The summed E-state index contributed by atoms with van der Waals surface area (Å²) in [4.78, 5) is 6.66. The summed E-state index contributed by atoms with van der Waals surface area (Å²) in [5.41, 5.74) is 1.18. The lowest BCUT2D eigenvalue weighted by Gasteiger charge is -2.20. The van der Waals surface area contributed by atoms with Crippen molar-refractivity contribution in [2.45, 2.75) is 26.1 Å². The molecule has 1 aromatic rings. The summed E-state index contributed by atoms with van der Waals surface area (Å²) < 4.78 is 5.63. The molecular weight excluding hydrogens is 393 g/mol. The first-order valence-electron chi connectivity index (χ1n) is 7.62. The van der Waals surface area contributed by atoms with Crippen LogP contribution in [-0.4, -0.2) is 54.9 Å². The number of guanidine groups is 1. The number of ether oxygens (including phenoxy) is 1. The average molecular weight is 419 g/mol. The Morgan fingerprint density at radius 3 is 2.82 bits per heavy atom. The molecule has 0 unspecified atom stereocenters. The van der Waals surface area contributed by atoms with E-state index in [-0.39, 0.29) is 30.1 Å². The maximum Gasteiger partial charge on any atom is 0.194 e. The molecule has 1 fully saturated rings. The van der Waals surface area contributed by atoms with E-state index in [9.17, 15) is 5.11 Å². The minimum absolute atomic E-state index is 0. The molecule has 0 aliphatic carbocycles. The van der Waals surface area contributed by atoms with Gasteiger partial charge in [-0.3, -0.25) is 4.99 Å². The molecule has 2 N–H and O–H groups in total. The quantitative estimate of drug-likeness (QED) is 0.320. The summed E-state index contributed by atoms with van der Waals surface area (Å²) in [7, 11) is 0. The van der Waals surface area contributed by atoms with Crippen molar-refractivity contribution in [3.8, 4) is 0 Å². The van der Waals surface area contributed by atoms with Gasteiger partial charge in [-0.05, 0) is 18.9 Å². The Hall–Kier alpha value is -0.860. The van der Waals surface area contributed by atoms with Crippen molar-refractivity contribution in [2.75, 3.05) is 32.8 Å². The lowest BCUT2D eigenvalue weighted by Crippen LogP contribution is -2.40. The van der Waals surface area contributed by atoms with Gasteiger partial charge in [0.1, 0.15) is 0 Å². The second kappa shape index (κ2) is 10.8. The van der Waals surface area contributed by atoms with Gasteiger partial charge in [-0.15, -0.1) is 24.0 Å². The van der Waals surface area contributed by atoms with Crippen LogP contribution in [0.3, 0.4) is 0 Å². The molecule has 124 valence electrons. The zero-order chi connectivity index (χ0) is 14.9. The van der Waals surface area contributed by atoms with Crippen LogP contribution in [-0.2, 0) is 11.3 Å². The van der Waals surface area contributed by atoms with Gasteiger partial charge in [0.2, 0.25) is 0 Å². The standard InChI is InChI=1S/C16H25N3O2.HI/c1-2-17-16(19-10-8-15(20)12-19)18-9-11-21-13-14-6-4-3-5-7-14;/h3-7,15,20H,2,8-13H2,1H3,(H,17,18);1H/t15-;/m1./s1. The van der Waals surface area contributed by atoms with E-state index in [2.05, 4.69) is 27.3 Å². The van der Waals surface area contributed by atoms with Gasteiger partial charge in [0.15, 0.2) is 5.96 Å². The monoisotopic (exact) mass is 419 g/mol. The summed E-state index contributed by atoms with van der Waals surface area (Å²) in [6.45, 7) is 6.25. The van der Waals surface area contributed by atoms with Gasteiger partial charge in [-0.1, -0.05) is 30.3 Å². The predicted molar refractivity (Wildman–Crippen MR) is 99.7 cm³/mol. The Kier molecular flexibility index (Phi) is 9.42. The van der Waals surface area contributed by atoms with Crippen LogP contribution in [0.2, 0.25) is 0 Å². The van der Waals surface area contributed by atoms with E-state index in [0.29, 0.717) is 26.3 Å². The highest BCUT2D eigenvalue weighted by Crippen LogP contribution is 2.08. The van der Waals surface area contributed by atoms with E-state index in [1.807, 2.05) is 25.1 Å². The SMILES string of the molecule is CCNC(=NCCOCc1ccccc1)N1CC[C@@H](O)C1.I. The van der Waals surface area contributed by atoms with Crippen LogP contribution in [0, 0.1) is 0 Å². The van der Waals surface area contributed by atoms with Crippen molar-refractivity contribution in [1.29, 1.82) is 0 Å². The molecule has 0 radical (unpaired) electrons. The lowest BCUT2D eigenvalue weighted by molar-refractivity contribution is 0.128. The number of aliphatic hydroxyl groups is 1. The number of likely N-dealkylation sites (tertiary alicyclic amines) is 1. The van der Waals surface area contributed by atoms with Crippen molar-refractivity contribution in [2.24, 2.45) is 4.99 Å². The highest BCUT2D eigenvalue weighted by atomic mass is 127. The van der Waals surface area contributed by atoms with E-state index < -0.39 is 0 Å². The van der Waals surface area contributed by atoms with Gasteiger partial charge in [-0.25, -0.2) is 0 Å². The van der Waals surface area contributed by atoms with Gasteiger partial charge < -0.3 is 20.1 Å². The number of benzene rings is 1. The normalized spacial score (nSPS) is 18.2. The van der Waals surface area contributed by atoms with Crippen LogP contribution in [0.25, 0.3) is 0 Å². The molecule has 1 atom stereocenters. The molecule has 1 aliphatic rings. The molecule has 0 bridgehead atoms. The summed E-state index contributed by atoms with van der Waals surface area (Å²) >= 11 is 0. The summed E-state index contributed by atoms with van der Waals surface area (Å²) in [6.07, 6.45) is 0.581. The number of β-amino-alcohol motifs (C(OH)–C–C–N with tert-alkyl or cyclic N) is 1. The zero-order valence-electron chi connectivity index (χ0n) is 13.1. The molecule has 0 saturated carbocycles. The Labute approximate surface area is 149 Å². The number of nitrogens with zero attached hydrogens (tertiary/aromatic N) is 2. The number of aliphatic imine (C=N–C) groups is 1. The summed E-state index contributed by atoms with van der Waals surface area (Å²) in [5, 5.41) is 12.9. The minimum Gasteiger partial charge on any atom is -0.391 e. The number of hydrogen-bond donors (Lipinski definition) is 2. The van der Waals surface area contributed by atoms with Crippen molar-refractivity contribution in [3.05, 3.63) is 35.9 Å². The van der Waals surface area contributed by atoms with Crippen molar-refractivity contribution in [3.63, 3.8) is 0 Å². The van der Waals surface area contributed by atoms with Crippen LogP contribution in [0.15, 0.2) is 35.3 Å². The molecule has 0 aromatic heterocycles. The summed E-state index contributed by atoms with van der Waals surface area (Å²) in [5.74, 6) is 0.873. The summed E-state index contributed by atoms with van der Waals surface area (Å²) in [6, 6.07) is 10.1. The fourth-order valence-corrected chi connectivity index (χ4v) is 2.34. The highest BCUT2D eigenvalue weighted by Gasteiger charge is 2.22. The molecule has 2 rings (SSSR count). The van der Waals surface area contributed by atoms with E-state index >= 15 is 0 Å². The van der Waals surface area contributed by atoms with Gasteiger partial charge >= 0.3 is 0 Å². The van der Waals surface area contributed by atoms with E-state index in [1.54, 1.807) is 0 Å². The number of aliphatic hydroxyl groups excluding tert-OH is 1. The third-order valence-electron chi connectivity index (χ3n) is 3.41. The predicted octanol–water partition coefficient (Wildman–Crippen LogP) is 1.85. The van der Waals surface area contributed by atoms with Crippen molar-refractivity contribution in [1.82, 2.24) is 10.2 Å². The second-order valence-electron chi connectivity index (χ2n) is 5.16. The van der Waals surface area contributed by atoms with Crippen molar-refractivity contribution < 1.29 is 9.84 Å². The fraction of sp³-hybridized carbons (Fsp3) is 0.562. The zero-order valence-corrected chi connectivity index (χ0v) is 15.4. The number of rotatable bonds is 6. The van der Waals surface area contributed by atoms with Crippen LogP contribution in [0.5, 0.6) is 0 Å². The van der Waals surface area contributed by atoms with Crippen molar-refractivity contribution >= 4 is 29.9 Å². The van der Waals surface area contributed by atoms with Gasteiger partial charge in [0.05, 0.1) is 25.9 Å². The minimum atomic E-state index is -0.233. The Bertz CT molecular complexity index is 442. The first kappa shape index (κ1) is 19.2. The highest BCUT2D eigenvalue weighted by molar-refractivity contribution is 14.0. The maximum atomic E-state index is 9.60. The number of nitrogens with one attached hydrogen (secondary N) is 1. The third-order valence-corrected chi connectivity index (χ3v) is 3.41. The van der Waals surface area contributed by atoms with Crippen LogP contribution < -0.4 is 5.32 Å². The van der Waals surface area contributed by atoms with Crippen LogP contribution in [0.4, 0.5) is 0 Å². The first-order valence-corrected chi connectivity index (χ1v) is 7.62.